The molecule has 2 aromatic heterocycles. The molecule has 33 heavy (non-hydrogen) atoms. The van der Waals surface area contributed by atoms with Gasteiger partial charge in [-0.3, -0.25) is 14.6 Å². The van der Waals surface area contributed by atoms with Gasteiger partial charge in [-0.15, -0.1) is 0 Å². The standard InChI is InChI=1S/C24H18F3N3O3/c1-13-5-7-19-16(10-13)17(11-14(2)28-19)22(31)30-20-8-6-15(12-18(20)24(25,26)27)29-23(32)21-4-3-9-33-21/h3-12H,1-2H3,(H,29,32)(H,30,31). The van der Waals surface area contributed by atoms with Gasteiger partial charge in [-0.25, -0.2) is 0 Å². The number of alkyl halides is 3. The molecule has 9 heteroatoms. The van der Waals surface area contributed by atoms with Crippen molar-refractivity contribution in [1.29, 1.82) is 0 Å². The van der Waals surface area contributed by atoms with E-state index in [-0.39, 0.29) is 17.0 Å². The van der Waals surface area contributed by atoms with Gasteiger partial charge in [0.2, 0.25) is 0 Å². The van der Waals surface area contributed by atoms with Crippen LogP contribution in [0.15, 0.2) is 65.3 Å². The van der Waals surface area contributed by atoms with E-state index in [4.69, 9.17) is 4.42 Å². The molecular formula is C24H18F3N3O3. The van der Waals surface area contributed by atoms with Crippen LogP contribution in [0.4, 0.5) is 24.5 Å². The van der Waals surface area contributed by atoms with Crippen LogP contribution in [0, 0.1) is 13.8 Å². The van der Waals surface area contributed by atoms with Gasteiger partial charge >= 0.3 is 6.18 Å². The molecule has 0 fully saturated rings. The molecule has 0 saturated heterocycles. The highest BCUT2D eigenvalue weighted by Crippen LogP contribution is 2.37. The Hall–Kier alpha value is -4.14. The van der Waals surface area contributed by atoms with E-state index in [2.05, 4.69) is 15.6 Å². The van der Waals surface area contributed by atoms with Crippen molar-refractivity contribution in [2.45, 2.75) is 20.0 Å². The molecule has 0 aliphatic carbocycles. The zero-order valence-electron chi connectivity index (χ0n) is 17.6. The van der Waals surface area contributed by atoms with Crippen LogP contribution in [0.2, 0.25) is 0 Å². The highest BCUT2D eigenvalue weighted by molar-refractivity contribution is 6.13. The van der Waals surface area contributed by atoms with Crippen LogP contribution in [-0.4, -0.2) is 16.8 Å². The Balaban J connectivity index is 1.68. The number of nitrogens with one attached hydrogen (secondary N) is 2. The third-order valence-electron chi connectivity index (χ3n) is 4.91. The predicted molar refractivity (Wildman–Crippen MR) is 117 cm³/mol. The first-order valence-corrected chi connectivity index (χ1v) is 9.87. The fourth-order valence-corrected chi connectivity index (χ4v) is 3.42. The molecule has 0 aliphatic rings. The van der Waals surface area contributed by atoms with Gasteiger partial charge in [-0.05, 0) is 62.4 Å². The van der Waals surface area contributed by atoms with Gasteiger partial charge in [0.1, 0.15) is 0 Å². The summed E-state index contributed by atoms with van der Waals surface area (Å²) >= 11 is 0. The topological polar surface area (TPSA) is 84.2 Å². The number of hydrogen-bond acceptors (Lipinski definition) is 4. The van der Waals surface area contributed by atoms with Crippen molar-refractivity contribution < 1.29 is 27.2 Å². The third-order valence-corrected chi connectivity index (χ3v) is 4.91. The Bertz CT molecular complexity index is 1360. The molecule has 0 atom stereocenters. The summed E-state index contributed by atoms with van der Waals surface area (Å²) in [5, 5.41) is 5.25. The minimum absolute atomic E-state index is 0.0452. The molecule has 0 aliphatic heterocycles. The number of rotatable bonds is 4. The van der Waals surface area contributed by atoms with Gasteiger partial charge < -0.3 is 15.1 Å². The Kier molecular flexibility index (Phi) is 5.63. The van der Waals surface area contributed by atoms with Gasteiger partial charge in [-0.2, -0.15) is 13.2 Å². The van der Waals surface area contributed by atoms with E-state index in [1.165, 1.54) is 30.5 Å². The second kappa shape index (κ2) is 8.42. The van der Waals surface area contributed by atoms with E-state index in [0.717, 1.165) is 17.7 Å². The quantitative estimate of drug-likeness (QED) is 0.399. The zero-order chi connectivity index (χ0) is 23.8. The summed E-state index contributed by atoms with van der Waals surface area (Å²) in [7, 11) is 0. The van der Waals surface area contributed by atoms with Crippen LogP contribution < -0.4 is 10.6 Å². The lowest BCUT2D eigenvalue weighted by atomic mass is 10.0. The summed E-state index contributed by atoms with van der Waals surface area (Å²) in [5.74, 6) is -1.44. The van der Waals surface area contributed by atoms with Crippen molar-refractivity contribution in [3.8, 4) is 0 Å². The van der Waals surface area contributed by atoms with E-state index in [9.17, 15) is 22.8 Å². The third kappa shape index (κ3) is 4.72. The number of pyridine rings is 1. The highest BCUT2D eigenvalue weighted by Gasteiger charge is 2.34. The number of benzene rings is 2. The van der Waals surface area contributed by atoms with Crippen LogP contribution in [0.5, 0.6) is 0 Å². The number of amides is 2. The Morgan fingerprint density at radius 3 is 2.42 bits per heavy atom. The number of carbonyl (C=O) groups excluding carboxylic acids is 2. The van der Waals surface area contributed by atoms with E-state index in [1.807, 2.05) is 13.0 Å². The lowest BCUT2D eigenvalue weighted by molar-refractivity contribution is -0.136. The van der Waals surface area contributed by atoms with Gasteiger partial charge in [0.05, 0.1) is 28.6 Å². The molecule has 168 valence electrons. The molecule has 2 N–H and O–H groups in total. The summed E-state index contributed by atoms with van der Waals surface area (Å²) < 4.78 is 46.3. The fraction of sp³-hybridized carbons (Fsp3) is 0.125. The lowest BCUT2D eigenvalue weighted by Gasteiger charge is -2.16. The predicted octanol–water partition coefficient (Wildman–Crippen LogP) is 5.97. The first-order valence-electron chi connectivity index (χ1n) is 9.87. The van der Waals surface area contributed by atoms with Crippen LogP contribution >= 0.6 is 0 Å². The Morgan fingerprint density at radius 1 is 0.939 bits per heavy atom. The fourth-order valence-electron chi connectivity index (χ4n) is 3.42. The molecule has 0 spiro atoms. The minimum Gasteiger partial charge on any atom is -0.459 e. The molecule has 2 amide bonds. The van der Waals surface area contributed by atoms with Gasteiger partial charge in [0, 0.05) is 16.8 Å². The van der Waals surface area contributed by atoms with E-state index in [1.54, 1.807) is 19.1 Å². The number of aryl methyl sites for hydroxylation is 2. The molecular weight excluding hydrogens is 435 g/mol. The number of nitrogens with zero attached hydrogens (tertiary/aromatic N) is 1. The average molecular weight is 453 g/mol. The lowest BCUT2D eigenvalue weighted by Crippen LogP contribution is -2.18. The maximum Gasteiger partial charge on any atom is 0.418 e. The van der Waals surface area contributed by atoms with E-state index < -0.39 is 29.2 Å². The van der Waals surface area contributed by atoms with Crippen molar-refractivity contribution in [2.75, 3.05) is 10.6 Å². The maximum absolute atomic E-state index is 13.8. The highest BCUT2D eigenvalue weighted by atomic mass is 19.4. The maximum atomic E-state index is 13.8. The van der Waals surface area contributed by atoms with Crippen molar-refractivity contribution >= 4 is 34.1 Å². The molecule has 0 unspecified atom stereocenters. The number of carbonyl (C=O) groups is 2. The summed E-state index contributed by atoms with van der Waals surface area (Å²) in [5.41, 5.74) is 0.598. The Labute approximate surface area is 186 Å². The van der Waals surface area contributed by atoms with Crippen molar-refractivity contribution in [1.82, 2.24) is 4.98 Å². The molecule has 0 bridgehead atoms. The zero-order valence-corrected chi connectivity index (χ0v) is 17.6. The molecule has 4 aromatic rings. The normalized spacial score (nSPS) is 11.4. The summed E-state index contributed by atoms with van der Waals surface area (Å²) in [6.45, 7) is 3.55. The largest absolute Gasteiger partial charge is 0.459 e. The number of halogens is 3. The molecule has 0 saturated carbocycles. The SMILES string of the molecule is Cc1ccc2nc(C)cc(C(=O)Nc3ccc(NC(=O)c4ccco4)cc3C(F)(F)F)c2c1. The first kappa shape index (κ1) is 22.1. The number of furan rings is 1. The smallest absolute Gasteiger partial charge is 0.418 e. The number of anilines is 2. The molecule has 2 aromatic carbocycles. The average Bonchev–Trinajstić information content (AvgIpc) is 3.29. The minimum atomic E-state index is -4.78. The van der Waals surface area contributed by atoms with E-state index in [0.29, 0.717) is 16.6 Å². The summed E-state index contributed by atoms with van der Waals surface area (Å²) in [4.78, 5) is 29.5. The van der Waals surface area contributed by atoms with Gasteiger partial charge in [-0.1, -0.05) is 11.6 Å². The Morgan fingerprint density at radius 2 is 1.73 bits per heavy atom. The van der Waals surface area contributed by atoms with Gasteiger partial charge in [0.25, 0.3) is 11.8 Å². The van der Waals surface area contributed by atoms with Crippen molar-refractivity contribution in [2.24, 2.45) is 0 Å². The molecule has 4 rings (SSSR count). The monoisotopic (exact) mass is 453 g/mol. The molecule has 6 nitrogen and oxygen atoms in total. The molecule has 0 radical (unpaired) electrons. The second-order valence-corrected chi connectivity index (χ2v) is 7.48. The van der Waals surface area contributed by atoms with Crippen LogP contribution in [0.25, 0.3) is 10.9 Å². The second-order valence-electron chi connectivity index (χ2n) is 7.48. The number of hydrogen-bond donors (Lipinski definition) is 2. The summed E-state index contributed by atoms with van der Waals surface area (Å²) in [6, 6.07) is 12.9. The number of aromatic nitrogens is 1. The van der Waals surface area contributed by atoms with Crippen molar-refractivity contribution in [3.63, 3.8) is 0 Å². The number of fused-ring (bicyclic) bond motifs is 1. The summed E-state index contributed by atoms with van der Waals surface area (Å²) in [6.07, 6.45) is -3.50. The molecule has 2 heterocycles. The first-order chi connectivity index (χ1) is 15.6. The van der Waals surface area contributed by atoms with Crippen molar-refractivity contribution in [3.05, 3.63) is 89.0 Å². The van der Waals surface area contributed by atoms with Crippen LogP contribution in [-0.2, 0) is 6.18 Å². The van der Waals surface area contributed by atoms with Crippen LogP contribution in [0.3, 0.4) is 0 Å². The van der Waals surface area contributed by atoms with Crippen LogP contribution in [0.1, 0.15) is 37.7 Å². The van der Waals surface area contributed by atoms with E-state index >= 15 is 0 Å². The van der Waals surface area contributed by atoms with Gasteiger partial charge in [0.15, 0.2) is 5.76 Å².